The monoisotopic (exact) mass is 340 g/mol. The molecule has 2 N–H and O–H groups in total. The normalized spacial score (nSPS) is 12.6. The molecule has 0 amide bonds. The SMILES string of the molecule is CCS(=O)(=O)NCCNS(=O)(=O)c1cc(Cl)ccc1C. The Morgan fingerprint density at radius 1 is 1.10 bits per heavy atom. The number of nitrogens with one attached hydrogen (secondary N) is 2. The summed E-state index contributed by atoms with van der Waals surface area (Å²) in [5, 5.41) is 0.322. The van der Waals surface area contributed by atoms with E-state index in [-0.39, 0.29) is 23.7 Å². The quantitative estimate of drug-likeness (QED) is 0.720. The molecule has 0 saturated heterocycles. The molecule has 0 aromatic heterocycles. The van der Waals surface area contributed by atoms with Gasteiger partial charge in [-0.15, -0.1) is 0 Å². The zero-order chi connectivity index (χ0) is 15.4. The highest BCUT2D eigenvalue weighted by Gasteiger charge is 2.17. The minimum atomic E-state index is -3.71. The molecule has 0 aliphatic rings. The van der Waals surface area contributed by atoms with Gasteiger partial charge in [0.05, 0.1) is 10.6 Å². The van der Waals surface area contributed by atoms with Crippen LogP contribution in [-0.4, -0.2) is 35.7 Å². The van der Waals surface area contributed by atoms with Crippen LogP contribution in [0.2, 0.25) is 5.02 Å². The topological polar surface area (TPSA) is 92.3 Å². The van der Waals surface area contributed by atoms with E-state index < -0.39 is 20.0 Å². The number of hydrogen-bond donors (Lipinski definition) is 2. The van der Waals surface area contributed by atoms with E-state index in [4.69, 9.17) is 11.6 Å². The Morgan fingerprint density at radius 2 is 1.70 bits per heavy atom. The lowest BCUT2D eigenvalue weighted by atomic mass is 10.2. The third-order valence-corrected chi connectivity index (χ3v) is 5.80. The first kappa shape index (κ1) is 17.4. The van der Waals surface area contributed by atoms with Crippen LogP contribution >= 0.6 is 11.6 Å². The highest BCUT2D eigenvalue weighted by molar-refractivity contribution is 7.89. The van der Waals surface area contributed by atoms with Gasteiger partial charge in [0.1, 0.15) is 0 Å². The summed E-state index contributed by atoms with van der Waals surface area (Å²) < 4.78 is 51.1. The Morgan fingerprint density at radius 3 is 2.30 bits per heavy atom. The third-order valence-electron chi connectivity index (χ3n) is 2.56. The molecule has 1 aromatic carbocycles. The van der Waals surface area contributed by atoms with Crippen molar-refractivity contribution in [3.8, 4) is 0 Å². The molecular formula is C11H17ClN2O4S2. The molecule has 0 saturated carbocycles. The molecule has 0 spiro atoms. The van der Waals surface area contributed by atoms with Crippen LogP contribution < -0.4 is 9.44 Å². The Labute approximate surface area is 124 Å². The predicted octanol–water partition coefficient (Wildman–Crippen LogP) is 0.866. The van der Waals surface area contributed by atoms with Crippen molar-refractivity contribution in [2.45, 2.75) is 18.7 Å². The van der Waals surface area contributed by atoms with E-state index in [1.165, 1.54) is 13.0 Å². The van der Waals surface area contributed by atoms with Gasteiger partial charge < -0.3 is 0 Å². The van der Waals surface area contributed by atoms with E-state index in [0.717, 1.165) is 0 Å². The van der Waals surface area contributed by atoms with Crippen LogP contribution in [0.5, 0.6) is 0 Å². The summed E-state index contributed by atoms with van der Waals surface area (Å²) in [7, 11) is -7.03. The smallest absolute Gasteiger partial charge is 0.214 e. The van der Waals surface area contributed by atoms with E-state index in [2.05, 4.69) is 9.44 Å². The fourth-order valence-electron chi connectivity index (χ4n) is 1.44. The minimum absolute atomic E-state index is 0.00494. The second-order valence-corrected chi connectivity index (χ2v) is 8.37. The summed E-state index contributed by atoms with van der Waals surface area (Å²) >= 11 is 5.78. The van der Waals surface area contributed by atoms with Crippen molar-refractivity contribution >= 4 is 31.6 Å². The molecule has 1 aromatic rings. The van der Waals surface area contributed by atoms with E-state index >= 15 is 0 Å². The van der Waals surface area contributed by atoms with Crippen LogP contribution in [0.1, 0.15) is 12.5 Å². The van der Waals surface area contributed by atoms with Crippen molar-refractivity contribution in [2.75, 3.05) is 18.8 Å². The van der Waals surface area contributed by atoms with Crippen LogP contribution in [0.3, 0.4) is 0 Å². The van der Waals surface area contributed by atoms with E-state index in [1.54, 1.807) is 19.1 Å². The van der Waals surface area contributed by atoms with Crippen LogP contribution in [-0.2, 0) is 20.0 Å². The first-order valence-electron chi connectivity index (χ1n) is 5.91. The number of halogens is 1. The predicted molar refractivity (Wildman–Crippen MR) is 78.8 cm³/mol. The van der Waals surface area contributed by atoms with Crippen LogP contribution in [0.25, 0.3) is 0 Å². The fraction of sp³-hybridized carbons (Fsp3) is 0.455. The molecule has 0 aliphatic carbocycles. The molecule has 0 atom stereocenters. The average molecular weight is 341 g/mol. The van der Waals surface area contributed by atoms with Crippen LogP contribution in [0, 0.1) is 6.92 Å². The first-order valence-corrected chi connectivity index (χ1v) is 9.42. The zero-order valence-electron chi connectivity index (χ0n) is 11.2. The van der Waals surface area contributed by atoms with E-state index in [9.17, 15) is 16.8 Å². The highest BCUT2D eigenvalue weighted by Crippen LogP contribution is 2.19. The molecule has 0 aliphatic heterocycles. The molecule has 9 heteroatoms. The number of hydrogen-bond acceptors (Lipinski definition) is 4. The van der Waals surface area contributed by atoms with Gasteiger partial charge in [-0.3, -0.25) is 0 Å². The van der Waals surface area contributed by atoms with Crippen LogP contribution in [0.4, 0.5) is 0 Å². The lowest BCUT2D eigenvalue weighted by molar-refractivity contribution is 0.571. The van der Waals surface area contributed by atoms with Crippen molar-refractivity contribution in [2.24, 2.45) is 0 Å². The van der Waals surface area contributed by atoms with Gasteiger partial charge in [0.25, 0.3) is 0 Å². The maximum atomic E-state index is 12.1. The zero-order valence-corrected chi connectivity index (χ0v) is 13.6. The van der Waals surface area contributed by atoms with Gasteiger partial charge in [-0.2, -0.15) is 0 Å². The highest BCUT2D eigenvalue weighted by atomic mass is 35.5. The summed E-state index contributed by atoms with van der Waals surface area (Å²) in [6.45, 7) is 3.12. The summed E-state index contributed by atoms with van der Waals surface area (Å²) in [5.41, 5.74) is 0.566. The second kappa shape index (κ2) is 6.86. The molecule has 0 heterocycles. The van der Waals surface area contributed by atoms with Gasteiger partial charge in [-0.1, -0.05) is 17.7 Å². The van der Waals surface area contributed by atoms with Crippen molar-refractivity contribution in [3.05, 3.63) is 28.8 Å². The standard InChI is InChI=1S/C11H17ClN2O4S2/c1-3-19(15,16)13-6-7-14-20(17,18)11-8-10(12)5-4-9(11)2/h4-5,8,13-14H,3,6-7H2,1-2H3. The van der Waals surface area contributed by atoms with Crippen molar-refractivity contribution < 1.29 is 16.8 Å². The van der Waals surface area contributed by atoms with Gasteiger partial charge in [-0.25, -0.2) is 26.3 Å². The van der Waals surface area contributed by atoms with Crippen molar-refractivity contribution in [1.29, 1.82) is 0 Å². The fourth-order valence-corrected chi connectivity index (χ4v) is 3.59. The number of sulfonamides is 2. The van der Waals surface area contributed by atoms with E-state index in [1.807, 2.05) is 0 Å². The molecule has 6 nitrogen and oxygen atoms in total. The third kappa shape index (κ3) is 5.02. The van der Waals surface area contributed by atoms with Gasteiger partial charge >= 0.3 is 0 Å². The Hall–Kier alpha value is -0.670. The number of benzene rings is 1. The molecule has 20 heavy (non-hydrogen) atoms. The molecule has 1 rings (SSSR count). The first-order chi connectivity index (χ1) is 9.18. The Kier molecular flexibility index (Phi) is 5.96. The average Bonchev–Trinajstić information content (AvgIpc) is 2.37. The molecular weight excluding hydrogens is 324 g/mol. The second-order valence-electron chi connectivity index (χ2n) is 4.11. The molecule has 0 bridgehead atoms. The lowest BCUT2D eigenvalue weighted by Crippen LogP contribution is -2.35. The van der Waals surface area contributed by atoms with Crippen molar-refractivity contribution in [1.82, 2.24) is 9.44 Å². The van der Waals surface area contributed by atoms with Crippen LogP contribution in [0.15, 0.2) is 23.1 Å². The Balaban J connectivity index is 2.70. The summed E-state index contributed by atoms with van der Waals surface area (Å²) in [6, 6.07) is 4.57. The summed E-state index contributed by atoms with van der Waals surface area (Å²) in [6.07, 6.45) is 0. The molecule has 0 radical (unpaired) electrons. The van der Waals surface area contributed by atoms with Gasteiger partial charge in [-0.05, 0) is 31.5 Å². The maximum absolute atomic E-state index is 12.1. The number of rotatable bonds is 7. The lowest BCUT2D eigenvalue weighted by Gasteiger charge is -2.10. The van der Waals surface area contributed by atoms with Gasteiger partial charge in [0.2, 0.25) is 20.0 Å². The minimum Gasteiger partial charge on any atom is -0.214 e. The number of aryl methyl sites for hydroxylation is 1. The van der Waals surface area contributed by atoms with Gasteiger partial charge in [0, 0.05) is 18.1 Å². The molecule has 0 unspecified atom stereocenters. The molecule has 114 valence electrons. The van der Waals surface area contributed by atoms with Crippen molar-refractivity contribution in [3.63, 3.8) is 0 Å². The molecule has 0 fully saturated rings. The van der Waals surface area contributed by atoms with Gasteiger partial charge in [0.15, 0.2) is 0 Å². The largest absolute Gasteiger partial charge is 0.240 e. The summed E-state index contributed by atoms with van der Waals surface area (Å²) in [5.74, 6) is -0.0485. The maximum Gasteiger partial charge on any atom is 0.240 e. The summed E-state index contributed by atoms with van der Waals surface area (Å²) in [4.78, 5) is 0.0864. The Bertz CT molecular complexity index is 672. The van der Waals surface area contributed by atoms with E-state index in [0.29, 0.717) is 10.6 Å².